The Hall–Kier alpha value is -9.36. The van der Waals surface area contributed by atoms with Gasteiger partial charge in [-0.15, -0.1) is 0 Å². The molecule has 0 nitrogen and oxygen atoms in total. The Bertz CT molecular complexity index is 3670. The number of benzene rings is 12. The van der Waals surface area contributed by atoms with Gasteiger partial charge in [-0.25, -0.2) is 0 Å². The molecule has 0 fully saturated rings. The number of rotatable bonds is 8. The maximum atomic E-state index is 2.40. The van der Waals surface area contributed by atoms with Crippen molar-refractivity contribution in [1.29, 1.82) is 0 Å². The fourth-order valence-corrected chi connectivity index (χ4v) is 12.2. The lowest BCUT2D eigenvalue weighted by Gasteiger charge is -2.30. The summed E-state index contributed by atoms with van der Waals surface area (Å²) in [5.41, 5.74) is 29.3. The predicted octanol–water partition coefficient (Wildman–Crippen LogP) is 19.4. The lowest BCUT2D eigenvalue weighted by Crippen LogP contribution is -2.25. The first kappa shape index (κ1) is 42.5. The van der Waals surface area contributed by atoms with Crippen LogP contribution in [0.2, 0.25) is 0 Å². The minimum Gasteiger partial charge on any atom is -0.0622 e. The average Bonchev–Trinajstić information content (AvgIpc) is 3.97. The van der Waals surface area contributed by atoms with Crippen LogP contribution in [0.4, 0.5) is 0 Å². The normalized spacial score (nSPS) is 12.5. The van der Waals surface area contributed by atoms with E-state index in [0.717, 1.165) is 0 Å². The van der Waals surface area contributed by atoms with Gasteiger partial charge in [0, 0.05) is 0 Å². The minimum absolute atomic E-state index is 0.512. The Morgan fingerprint density at radius 2 is 0.384 bits per heavy atom. The average molecular weight is 925 g/mol. The van der Waals surface area contributed by atoms with Gasteiger partial charge >= 0.3 is 0 Å². The van der Waals surface area contributed by atoms with E-state index >= 15 is 0 Å². The standard InChI is InChI=1S/C73H48/c1-5-21-49(22-6-1)57-43-58(50-23-7-2-8-24-50)46-61(45-57)53-29-17-31-55(41-53)63-35-19-39-69-71(63)65-33-13-15-37-67(65)73(69)68-38-16-14-34-66(68)72-64(36-20-40-70(72)73)56-32-18-30-54(42-56)62-47-59(51-25-9-3-10-26-51)44-60(48-62)52-27-11-4-12-28-52/h1-48H. The van der Waals surface area contributed by atoms with Gasteiger partial charge < -0.3 is 0 Å². The maximum Gasteiger partial charge on any atom is 0.0725 e. The Kier molecular flexibility index (Phi) is 10.2. The molecular formula is C73H48. The molecule has 340 valence electrons. The largest absolute Gasteiger partial charge is 0.0725 e. The lowest BCUT2D eigenvalue weighted by atomic mass is 9.70. The zero-order valence-electron chi connectivity index (χ0n) is 40.2. The quantitative estimate of drug-likeness (QED) is 0.142. The molecule has 0 atom stereocenters. The molecule has 0 amide bonds. The van der Waals surface area contributed by atoms with Crippen molar-refractivity contribution in [1.82, 2.24) is 0 Å². The molecule has 2 aliphatic carbocycles. The second-order valence-electron chi connectivity index (χ2n) is 19.5. The van der Waals surface area contributed by atoms with Crippen molar-refractivity contribution in [2.24, 2.45) is 0 Å². The predicted molar refractivity (Wildman–Crippen MR) is 306 cm³/mol. The number of fused-ring (bicyclic) bond motifs is 10. The van der Waals surface area contributed by atoms with Crippen molar-refractivity contribution in [2.75, 3.05) is 0 Å². The fourth-order valence-electron chi connectivity index (χ4n) is 12.2. The summed E-state index contributed by atoms with van der Waals surface area (Å²) in [5.74, 6) is 0. The first-order chi connectivity index (χ1) is 36.2. The van der Waals surface area contributed by atoms with Gasteiger partial charge in [0.2, 0.25) is 0 Å². The fraction of sp³-hybridized carbons (Fsp3) is 0.0137. The van der Waals surface area contributed by atoms with Crippen LogP contribution in [0.3, 0.4) is 0 Å². The molecule has 14 rings (SSSR count). The van der Waals surface area contributed by atoms with E-state index < -0.39 is 5.41 Å². The highest BCUT2D eigenvalue weighted by atomic mass is 14.5. The van der Waals surface area contributed by atoms with E-state index in [0.29, 0.717) is 0 Å². The monoisotopic (exact) mass is 924 g/mol. The number of hydrogen-bond acceptors (Lipinski definition) is 0. The van der Waals surface area contributed by atoms with Gasteiger partial charge in [0.05, 0.1) is 5.41 Å². The first-order valence-corrected chi connectivity index (χ1v) is 25.4. The summed E-state index contributed by atoms with van der Waals surface area (Å²) in [5, 5.41) is 0. The van der Waals surface area contributed by atoms with E-state index in [1.165, 1.54) is 134 Å². The summed E-state index contributed by atoms with van der Waals surface area (Å²) in [6.07, 6.45) is 0. The first-order valence-electron chi connectivity index (χ1n) is 25.4. The van der Waals surface area contributed by atoms with Crippen LogP contribution in [0.1, 0.15) is 22.3 Å². The van der Waals surface area contributed by atoms with Crippen LogP contribution in [-0.4, -0.2) is 0 Å². The van der Waals surface area contributed by atoms with Gasteiger partial charge in [-0.1, -0.05) is 243 Å². The molecule has 0 radical (unpaired) electrons. The van der Waals surface area contributed by atoms with E-state index in [-0.39, 0.29) is 0 Å². The SMILES string of the molecule is c1ccc(-c2cc(-c3ccccc3)cc(-c3cccc(-c4cccc5c4-c4ccccc4C54c5ccccc5-c5c(-c6cccc(-c7cc(-c8ccccc8)cc(-c8ccccc8)c7)c6)cccc54)c3)c2)cc1. The van der Waals surface area contributed by atoms with Crippen molar-refractivity contribution in [3.8, 4) is 111 Å². The molecule has 0 aliphatic heterocycles. The summed E-state index contributed by atoms with van der Waals surface area (Å²) in [6.45, 7) is 0. The van der Waals surface area contributed by atoms with Gasteiger partial charge in [-0.3, -0.25) is 0 Å². The summed E-state index contributed by atoms with van der Waals surface area (Å²) in [4.78, 5) is 0. The number of hydrogen-bond donors (Lipinski definition) is 0. The van der Waals surface area contributed by atoms with E-state index in [4.69, 9.17) is 0 Å². The van der Waals surface area contributed by atoms with Gasteiger partial charge in [0.25, 0.3) is 0 Å². The molecule has 0 saturated carbocycles. The highest BCUT2D eigenvalue weighted by Crippen LogP contribution is 2.65. The Labute approximate surface area is 427 Å². The Balaban J connectivity index is 0.922. The second kappa shape index (κ2) is 17.5. The van der Waals surface area contributed by atoms with Crippen molar-refractivity contribution < 1.29 is 0 Å². The third-order valence-corrected chi connectivity index (χ3v) is 15.4. The van der Waals surface area contributed by atoms with Crippen molar-refractivity contribution in [3.05, 3.63) is 313 Å². The molecule has 0 unspecified atom stereocenters. The second-order valence-corrected chi connectivity index (χ2v) is 19.5. The van der Waals surface area contributed by atoms with E-state index in [1.54, 1.807) is 0 Å². The maximum absolute atomic E-state index is 2.40. The van der Waals surface area contributed by atoms with E-state index in [1.807, 2.05) is 0 Å². The molecule has 0 N–H and O–H groups in total. The highest BCUT2D eigenvalue weighted by Gasteiger charge is 2.52. The van der Waals surface area contributed by atoms with Crippen molar-refractivity contribution >= 4 is 0 Å². The van der Waals surface area contributed by atoms with Crippen LogP contribution >= 0.6 is 0 Å². The molecule has 0 aromatic heterocycles. The summed E-state index contributed by atoms with van der Waals surface area (Å²) < 4.78 is 0. The van der Waals surface area contributed by atoms with Crippen LogP contribution in [0, 0.1) is 0 Å². The third-order valence-electron chi connectivity index (χ3n) is 15.4. The van der Waals surface area contributed by atoms with Crippen molar-refractivity contribution in [2.45, 2.75) is 5.41 Å². The molecule has 73 heavy (non-hydrogen) atoms. The summed E-state index contributed by atoms with van der Waals surface area (Å²) in [6, 6.07) is 108. The Morgan fingerprint density at radius 1 is 0.151 bits per heavy atom. The van der Waals surface area contributed by atoms with E-state index in [9.17, 15) is 0 Å². The molecule has 0 heteroatoms. The van der Waals surface area contributed by atoms with Crippen LogP contribution in [0.5, 0.6) is 0 Å². The molecule has 0 heterocycles. The van der Waals surface area contributed by atoms with Gasteiger partial charge in [-0.2, -0.15) is 0 Å². The zero-order chi connectivity index (χ0) is 48.3. The lowest BCUT2D eigenvalue weighted by molar-refractivity contribution is 0.794. The highest BCUT2D eigenvalue weighted by molar-refractivity contribution is 6.03. The smallest absolute Gasteiger partial charge is 0.0622 e. The topological polar surface area (TPSA) is 0 Å². The molecular weight excluding hydrogens is 877 g/mol. The van der Waals surface area contributed by atoms with Crippen LogP contribution < -0.4 is 0 Å². The van der Waals surface area contributed by atoms with E-state index in [2.05, 4.69) is 291 Å². The molecule has 1 spiro atoms. The molecule has 12 aromatic rings. The van der Waals surface area contributed by atoms with Gasteiger partial charge in [0.1, 0.15) is 0 Å². The minimum atomic E-state index is -0.512. The zero-order valence-corrected chi connectivity index (χ0v) is 40.2. The molecule has 0 bridgehead atoms. The Morgan fingerprint density at radius 3 is 0.740 bits per heavy atom. The van der Waals surface area contributed by atoms with Crippen LogP contribution in [0.25, 0.3) is 111 Å². The van der Waals surface area contributed by atoms with Gasteiger partial charge in [0.15, 0.2) is 0 Å². The summed E-state index contributed by atoms with van der Waals surface area (Å²) >= 11 is 0. The third kappa shape index (κ3) is 7.06. The molecule has 0 saturated heterocycles. The molecule has 12 aromatic carbocycles. The summed E-state index contributed by atoms with van der Waals surface area (Å²) in [7, 11) is 0. The van der Waals surface area contributed by atoms with Crippen molar-refractivity contribution in [3.63, 3.8) is 0 Å². The van der Waals surface area contributed by atoms with Gasteiger partial charge in [-0.05, 0) is 182 Å². The van der Waals surface area contributed by atoms with Crippen LogP contribution in [0.15, 0.2) is 291 Å². The van der Waals surface area contributed by atoms with Crippen LogP contribution in [-0.2, 0) is 5.41 Å². The molecule has 2 aliphatic rings.